The number of rotatable bonds is 3. The molecule has 22 heavy (non-hydrogen) atoms. The van der Waals surface area contributed by atoms with E-state index in [9.17, 15) is 24.0 Å². The third kappa shape index (κ3) is 1.96. The average Bonchev–Trinajstić information content (AvgIpc) is 2.73. The van der Waals surface area contributed by atoms with E-state index in [0.29, 0.717) is 0 Å². The number of hydrogen-bond donors (Lipinski definition) is 1. The molecule has 0 aromatic heterocycles. The maximum Gasteiger partial charge on any atom is 0.298 e. The van der Waals surface area contributed by atoms with Crippen LogP contribution < -0.4 is 10.1 Å². The van der Waals surface area contributed by atoms with Crippen molar-refractivity contribution in [3.63, 3.8) is 0 Å². The highest BCUT2D eigenvalue weighted by molar-refractivity contribution is 6.24. The second-order valence-corrected chi connectivity index (χ2v) is 4.84. The van der Waals surface area contributed by atoms with Crippen molar-refractivity contribution in [3.8, 4) is 5.75 Å². The number of carbonyl (C=O) groups is 5. The molecule has 1 saturated heterocycles. The summed E-state index contributed by atoms with van der Waals surface area (Å²) in [6.07, 6.45) is 0.113. The van der Waals surface area contributed by atoms with Gasteiger partial charge in [-0.15, -0.1) is 0 Å². The first-order chi connectivity index (χ1) is 10.5. The van der Waals surface area contributed by atoms with Gasteiger partial charge < -0.3 is 4.74 Å². The maximum absolute atomic E-state index is 12.5. The number of fused-ring (bicyclic) bond motifs is 1. The molecule has 0 radical (unpaired) electrons. The number of amides is 4. The lowest BCUT2D eigenvalue weighted by Crippen LogP contribution is -2.54. The Morgan fingerprint density at radius 3 is 2.64 bits per heavy atom. The van der Waals surface area contributed by atoms with Crippen molar-refractivity contribution in [1.29, 1.82) is 0 Å². The van der Waals surface area contributed by atoms with Crippen molar-refractivity contribution < 1.29 is 28.7 Å². The van der Waals surface area contributed by atoms with E-state index in [-0.39, 0.29) is 36.2 Å². The molecule has 2 heterocycles. The smallest absolute Gasteiger partial charge is 0.298 e. The largest absolute Gasteiger partial charge is 0.428 e. The molecule has 1 atom stereocenters. The summed E-state index contributed by atoms with van der Waals surface area (Å²) >= 11 is 0. The van der Waals surface area contributed by atoms with Crippen LogP contribution in [-0.4, -0.2) is 41.0 Å². The third-order valence-electron chi connectivity index (χ3n) is 3.60. The van der Waals surface area contributed by atoms with Crippen LogP contribution >= 0.6 is 0 Å². The van der Waals surface area contributed by atoms with E-state index < -0.39 is 29.7 Å². The van der Waals surface area contributed by atoms with Crippen LogP contribution in [0.1, 0.15) is 33.6 Å². The van der Waals surface area contributed by atoms with Gasteiger partial charge >= 0.3 is 0 Å². The van der Waals surface area contributed by atoms with E-state index in [2.05, 4.69) is 5.32 Å². The van der Waals surface area contributed by atoms with Crippen LogP contribution in [-0.2, 0) is 14.4 Å². The van der Waals surface area contributed by atoms with Gasteiger partial charge in [0.25, 0.3) is 18.3 Å². The Bertz CT molecular complexity index is 726. The molecular formula is C14H10N2O6. The van der Waals surface area contributed by atoms with Crippen molar-refractivity contribution in [2.75, 3.05) is 0 Å². The number of piperidine rings is 1. The van der Waals surface area contributed by atoms with Gasteiger partial charge in [0, 0.05) is 6.42 Å². The van der Waals surface area contributed by atoms with Crippen LogP contribution in [0.2, 0.25) is 0 Å². The zero-order valence-corrected chi connectivity index (χ0v) is 11.2. The summed E-state index contributed by atoms with van der Waals surface area (Å²) in [4.78, 5) is 59.2. The molecule has 1 aromatic rings. The predicted octanol–water partition coefficient (Wildman–Crippen LogP) is -0.377. The quantitative estimate of drug-likeness (QED) is 0.602. The van der Waals surface area contributed by atoms with Crippen LogP contribution in [0, 0.1) is 0 Å². The van der Waals surface area contributed by atoms with Gasteiger partial charge in [0.1, 0.15) is 11.8 Å². The van der Waals surface area contributed by atoms with E-state index >= 15 is 0 Å². The fourth-order valence-corrected chi connectivity index (χ4v) is 2.63. The highest BCUT2D eigenvalue weighted by Crippen LogP contribution is 2.33. The number of ether oxygens (including phenoxy) is 1. The Balaban J connectivity index is 2.00. The van der Waals surface area contributed by atoms with Crippen molar-refractivity contribution in [2.24, 2.45) is 0 Å². The van der Waals surface area contributed by atoms with Crippen molar-refractivity contribution in [2.45, 2.75) is 18.9 Å². The summed E-state index contributed by atoms with van der Waals surface area (Å²) in [6, 6.07) is 3.22. The van der Waals surface area contributed by atoms with Gasteiger partial charge in [0.2, 0.25) is 11.8 Å². The van der Waals surface area contributed by atoms with Crippen LogP contribution in [0.15, 0.2) is 18.2 Å². The molecular weight excluding hydrogens is 292 g/mol. The first-order valence-electron chi connectivity index (χ1n) is 6.49. The highest BCUT2D eigenvalue weighted by Gasteiger charge is 2.45. The Morgan fingerprint density at radius 1 is 1.18 bits per heavy atom. The van der Waals surface area contributed by atoms with Crippen LogP contribution in [0.25, 0.3) is 0 Å². The Kier molecular flexibility index (Phi) is 3.21. The van der Waals surface area contributed by atoms with Gasteiger partial charge in [-0.1, -0.05) is 6.07 Å². The number of nitrogens with zero attached hydrogens (tertiary/aromatic N) is 1. The molecule has 1 aromatic carbocycles. The highest BCUT2D eigenvalue weighted by atomic mass is 16.5. The Morgan fingerprint density at radius 2 is 1.95 bits per heavy atom. The van der Waals surface area contributed by atoms with E-state index in [1.54, 1.807) is 0 Å². The lowest BCUT2D eigenvalue weighted by molar-refractivity contribution is -0.136. The molecule has 2 aliphatic heterocycles. The topological polar surface area (TPSA) is 110 Å². The first kappa shape index (κ1) is 13.9. The number of hydrogen-bond acceptors (Lipinski definition) is 6. The summed E-state index contributed by atoms with van der Waals surface area (Å²) in [5.74, 6) is -2.54. The van der Waals surface area contributed by atoms with E-state index in [1.807, 2.05) is 0 Å². The molecule has 3 rings (SSSR count). The van der Waals surface area contributed by atoms with Gasteiger partial charge in [-0.05, 0) is 18.6 Å². The SMILES string of the molecule is O=COc1cccc2c1C(=O)N(C1CCC(=O)NC1=O)C2=O. The molecule has 0 bridgehead atoms. The standard InChI is InChI=1S/C14H10N2O6/c17-6-22-9-3-1-2-7-11(9)14(21)16(13(7)20)8-4-5-10(18)15-12(8)19/h1-3,6,8H,4-5H2,(H,15,18,19). The molecule has 0 aliphatic carbocycles. The lowest BCUT2D eigenvalue weighted by Gasteiger charge is -2.27. The number of benzene rings is 1. The molecule has 1 N–H and O–H groups in total. The van der Waals surface area contributed by atoms with Gasteiger partial charge in [0.05, 0.1) is 11.1 Å². The second kappa shape index (κ2) is 5.06. The molecule has 0 saturated carbocycles. The summed E-state index contributed by atoms with van der Waals surface area (Å²) < 4.78 is 4.71. The molecule has 112 valence electrons. The minimum Gasteiger partial charge on any atom is -0.428 e. The van der Waals surface area contributed by atoms with Gasteiger partial charge in [-0.2, -0.15) is 0 Å². The van der Waals surface area contributed by atoms with E-state index in [1.165, 1.54) is 18.2 Å². The molecule has 8 heteroatoms. The van der Waals surface area contributed by atoms with Crippen molar-refractivity contribution in [1.82, 2.24) is 10.2 Å². The van der Waals surface area contributed by atoms with Gasteiger partial charge in [-0.3, -0.25) is 34.2 Å². The molecule has 2 aliphatic rings. The predicted molar refractivity (Wildman–Crippen MR) is 69.8 cm³/mol. The van der Waals surface area contributed by atoms with E-state index in [4.69, 9.17) is 4.74 Å². The van der Waals surface area contributed by atoms with Crippen LogP contribution in [0.3, 0.4) is 0 Å². The summed E-state index contributed by atoms with van der Waals surface area (Å²) in [7, 11) is 0. The summed E-state index contributed by atoms with van der Waals surface area (Å²) in [6.45, 7) is 0.155. The molecule has 0 spiro atoms. The van der Waals surface area contributed by atoms with Gasteiger partial charge in [0.15, 0.2) is 0 Å². The van der Waals surface area contributed by atoms with Crippen LogP contribution in [0.4, 0.5) is 0 Å². The van der Waals surface area contributed by atoms with Crippen molar-refractivity contribution >= 4 is 30.1 Å². The van der Waals surface area contributed by atoms with E-state index in [0.717, 1.165) is 4.90 Å². The zero-order chi connectivity index (χ0) is 15.9. The third-order valence-corrected chi connectivity index (χ3v) is 3.60. The van der Waals surface area contributed by atoms with Crippen LogP contribution in [0.5, 0.6) is 5.75 Å². The fourth-order valence-electron chi connectivity index (χ4n) is 2.63. The minimum absolute atomic E-state index is 0.0411. The fraction of sp³-hybridized carbons (Fsp3) is 0.214. The number of carbonyl (C=O) groups excluding carboxylic acids is 5. The zero-order valence-electron chi connectivity index (χ0n) is 11.2. The molecule has 4 amide bonds. The average molecular weight is 302 g/mol. The Hall–Kier alpha value is -3.03. The summed E-state index contributed by atoms with van der Waals surface area (Å²) in [5.41, 5.74) is 0.0124. The first-order valence-corrected chi connectivity index (χ1v) is 6.49. The molecule has 8 nitrogen and oxygen atoms in total. The number of imide groups is 2. The Labute approximate surface area is 124 Å². The molecule has 1 fully saturated rings. The molecule has 1 unspecified atom stereocenters. The number of nitrogens with one attached hydrogen (secondary N) is 1. The normalized spacial score (nSPS) is 20.7. The monoisotopic (exact) mass is 302 g/mol. The second-order valence-electron chi connectivity index (χ2n) is 4.84. The van der Waals surface area contributed by atoms with Crippen molar-refractivity contribution in [3.05, 3.63) is 29.3 Å². The summed E-state index contributed by atoms with van der Waals surface area (Å²) in [5, 5.41) is 2.10. The van der Waals surface area contributed by atoms with Gasteiger partial charge in [-0.25, -0.2) is 0 Å². The lowest BCUT2D eigenvalue weighted by atomic mass is 10.0. The minimum atomic E-state index is -1.05. The maximum atomic E-state index is 12.5.